The van der Waals surface area contributed by atoms with Crippen LogP contribution >= 0.6 is 0 Å². The summed E-state index contributed by atoms with van der Waals surface area (Å²) in [5.74, 6) is 5.76. The largest absolute Gasteiger partial charge is 0.362 e. The number of hydrogen-bond donors (Lipinski definition) is 3. The molecule has 4 N–H and O–H groups in total. The molecule has 7 heteroatoms. The molecule has 1 aromatic heterocycles. The summed E-state index contributed by atoms with van der Waals surface area (Å²) in [7, 11) is 0. The number of nitrogens with two attached hydrogens (primary N) is 1. The van der Waals surface area contributed by atoms with Crippen molar-refractivity contribution in [3.05, 3.63) is 22.2 Å². The van der Waals surface area contributed by atoms with Crippen molar-refractivity contribution in [2.24, 2.45) is 5.84 Å². The van der Waals surface area contributed by atoms with Gasteiger partial charge < -0.3 is 10.7 Å². The van der Waals surface area contributed by atoms with Crippen LogP contribution in [-0.4, -0.2) is 15.9 Å². The van der Waals surface area contributed by atoms with Gasteiger partial charge in [0.2, 0.25) is 5.82 Å². The van der Waals surface area contributed by atoms with Crippen molar-refractivity contribution in [1.29, 1.82) is 0 Å². The molecule has 1 rings (SSSR count). The lowest BCUT2D eigenvalue weighted by Crippen LogP contribution is -2.15. The van der Waals surface area contributed by atoms with Crippen LogP contribution in [0.5, 0.6) is 0 Å². The Labute approximate surface area is 86.8 Å². The van der Waals surface area contributed by atoms with Gasteiger partial charge in [0, 0.05) is 12.1 Å². The molecule has 15 heavy (non-hydrogen) atoms. The molecule has 0 saturated heterocycles. The summed E-state index contributed by atoms with van der Waals surface area (Å²) < 4.78 is 0. The van der Waals surface area contributed by atoms with E-state index in [2.05, 4.69) is 15.7 Å². The topological polar surface area (TPSA) is 106 Å². The normalized spacial score (nSPS) is 10.1. The molecule has 0 fully saturated rings. The van der Waals surface area contributed by atoms with Gasteiger partial charge in [0.1, 0.15) is 5.82 Å². The van der Waals surface area contributed by atoms with Crippen LogP contribution in [0.15, 0.2) is 12.1 Å². The fraction of sp³-hybridized carbons (Fsp3) is 0.375. The van der Waals surface area contributed by atoms with E-state index in [9.17, 15) is 10.1 Å². The number of hydrogen-bond acceptors (Lipinski definition) is 6. The third kappa shape index (κ3) is 2.78. The van der Waals surface area contributed by atoms with Crippen LogP contribution in [0.2, 0.25) is 0 Å². The van der Waals surface area contributed by atoms with Gasteiger partial charge in [0.25, 0.3) is 0 Å². The third-order valence-corrected chi connectivity index (χ3v) is 1.64. The molecule has 0 bridgehead atoms. The predicted octanol–water partition coefficient (Wildman–Crippen LogP) is 1.10. The summed E-state index contributed by atoms with van der Waals surface area (Å²) in [5, 5.41) is 13.6. The summed E-state index contributed by atoms with van der Waals surface area (Å²) in [4.78, 5) is 14.2. The van der Waals surface area contributed by atoms with Crippen molar-refractivity contribution < 1.29 is 4.92 Å². The van der Waals surface area contributed by atoms with Crippen LogP contribution in [0.1, 0.15) is 13.8 Å². The highest BCUT2D eigenvalue weighted by Crippen LogP contribution is 2.23. The molecule has 1 heterocycles. The molecule has 0 saturated carbocycles. The van der Waals surface area contributed by atoms with Crippen LogP contribution in [0.3, 0.4) is 0 Å². The molecule has 82 valence electrons. The Morgan fingerprint density at radius 3 is 2.67 bits per heavy atom. The number of nitrogen functional groups attached to an aromatic ring is 1. The van der Waals surface area contributed by atoms with Crippen molar-refractivity contribution >= 4 is 17.3 Å². The summed E-state index contributed by atoms with van der Waals surface area (Å²) in [6, 6.07) is 2.86. The van der Waals surface area contributed by atoms with Crippen molar-refractivity contribution in [3.8, 4) is 0 Å². The first-order chi connectivity index (χ1) is 7.04. The van der Waals surface area contributed by atoms with Crippen LogP contribution in [0, 0.1) is 10.1 Å². The Morgan fingerprint density at radius 1 is 1.53 bits per heavy atom. The number of nitro groups is 1. The number of pyridine rings is 1. The van der Waals surface area contributed by atoms with Gasteiger partial charge in [0.05, 0.1) is 4.92 Å². The Balaban J connectivity index is 3.10. The van der Waals surface area contributed by atoms with Crippen molar-refractivity contribution in [2.75, 3.05) is 10.7 Å². The van der Waals surface area contributed by atoms with E-state index >= 15 is 0 Å². The Hall–Kier alpha value is -1.89. The monoisotopic (exact) mass is 211 g/mol. The van der Waals surface area contributed by atoms with E-state index in [0.29, 0.717) is 5.82 Å². The second kappa shape index (κ2) is 4.56. The summed E-state index contributed by atoms with van der Waals surface area (Å²) in [6.45, 7) is 3.74. The molecule has 0 aliphatic carbocycles. The number of aromatic nitrogens is 1. The average molecular weight is 211 g/mol. The van der Waals surface area contributed by atoms with E-state index in [1.807, 2.05) is 13.8 Å². The minimum atomic E-state index is -0.488. The van der Waals surface area contributed by atoms with Gasteiger partial charge in [-0.15, -0.1) is 0 Å². The molecule has 0 unspecified atom stereocenters. The number of hydrazine groups is 1. The predicted molar refractivity (Wildman–Crippen MR) is 57.5 cm³/mol. The number of nitrogens with one attached hydrogen (secondary N) is 2. The van der Waals surface area contributed by atoms with Gasteiger partial charge in [-0.2, -0.15) is 0 Å². The Kier molecular flexibility index (Phi) is 3.40. The number of anilines is 2. The minimum Gasteiger partial charge on any atom is -0.362 e. The fourth-order valence-electron chi connectivity index (χ4n) is 1.06. The maximum atomic E-state index is 10.7. The smallest absolute Gasteiger partial charge is 0.311 e. The average Bonchev–Trinajstić information content (AvgIpc) is 2.16. The zero-order valence-corrected chi connectivity index (χ0v) is 8.52. The van der Waals surface area contributed by atoms with E-state index in [0.717, 1.165) is 0 Å². The zero-order chi connectivity index (χ0) is 11.4. The fourth-order valence-corrected chi connectivity index (χ4v) is 1.06. The molecule has 0 spiro atoms. The van der Waals surface area contributed by atoms with Crippen LogP contribution in [0.25, 0.3) is 0 Å². The van der Waals surface area contributed by atoms with Crippen molar-refractivity contribution in [2.45, 2.75) is 19.9 Å². The lowest BCUT2D eigenvalue weighted by atomic mass is 10.3. The van der Waals surface area contributed by atoms with Crippen LogP contribution in [0.4, 0.5) is 17.3 Å². The molecule has 0 aliphatic heterocycles. The summed E-state index contributed by atoms with van der Waals surface area (Å²) in [5.41, 5.74) is 2.27. The molecule has 7 nitrogen and oxygen atoms in total. The van der Waals surface area contributed by atoms with Gasteiger partial charge in [-0.3, -0.25) is 10.1 Å². The van der Waals surface area contributed by atoms with E-state index in [4.69, 9.17) is 5.84 Å². The van der Waals surface area contributed by atoms with Crippen molar-refractivity contribution in [1.82, 2.24) is 4.98 Å². The van der Waals surface area contributed by atoms with Gasteiger partial charge >= 0.3 is 5.69 Å². The quantitative estimate of drug-likeness (QED) is 0.391. The number of nitrogens with zero attached hydrogens (tertiary/aromatic N) is 2. The highest BCUT2D eigenvalue weighted by atomic mass is 16.6. The van der Waals surface area contributed by atoms with Gasteiger partial charge in [-0.05, 0) is 19.9 Å². The minimum absolute atomic E-state index is 0.0595. The van der Waals surface area contributed by atoms with Crippen LogP contribution < -0.4 is 16.6 Å². The molecule has 1 aromatic rings. The second-order valence-electron chi connectivity index (χ2n) is 3.26. The van der Waals surface area contributed by atoms with E-state index in [1.165, 1.54) is 12.1 Å². The SMILES string of the molecule is CC(C)Nc1nc(NN)ccc1[N+](=O)[O-]. The van der Waals surface area contributed by atoms with Gasteiger partial charge in [-0.25, -0.2) is 10.8 Å². The van der Waals surface area contributed by atoms with Gasteiger partial charge in [0.15, 0.2) is 0 Å². The summed E-state index contributed by atoms with van der Waals surface area (Å²) >= 11 is 0. The molecular weight excluding hydrogens is 198 g/mol. The molecular formula is C8H13N5O2. The molecule has 0 aliphatic rings. The molecule has 0 aromatic carbocycles. The maximum absolute atomic E-state index is 10.7. The Morgan fingerprint density at radius 2 is 2.20 bits per heavy atom. The first kappa shape index (κ1) is 11.2. The lowest BCUT2D eigenvalue weighted by molar-refractivity contribution is -0.384. The van der Waals surface area contributed by atoms with E-state index in [-0.39, 0.29) is 17.5 Å². The highest BCUT2D eigenvalue weighted by molar-refractivity contribution is 5.60. The highest BCUT2D eigenvalue weighted by Gasteiger charge is 2.16. The first-order valence-electron chi connectivity index (χ1n) is 4.43. The lowest BCUT2D eigenvalue weighted by Gasteiger charge is -2.10. The Bertz CT molecular complexity index is 366. The standard InChI is InChI=1S/C8H13N5O2/c1-5(2)10-8-6(13(14)15)3-4-7(11-8)12-9/h3-5H,9H2,1-2H3,(H2,10,11,12). The van der Waals surface area contributed by atoms with Crippen molar-refractivity contribution in [3.63, 3.8) is 0 Å². The first-order valence-corrected chi connectivity index (χ1v) is 4.43. The zero-order valence-electron chi connectivity index (χ0n) is 8.52. The van der Waals surface area contributed by atoms with E-state index in [1.54, 1.807) is 0 Å². The molecule has 0 radical (unpaired) electrons. The van der Waals surface area contributed by atoms with Gasteiger partial charge in [-0.1, -0.05) is 0 Å². The summed E-state index contributed by atoms with van der Waals surface area (Å²) in [6.07, 6.45) is 0. The molecule has 0 atom stereocenters. The maximum Gasteiger partial charge on any atom is 0.311 e. The van der Waals surface area contributed by atoms with Crippen LogP contribution in [-0.2, 0) is 0 Å². The van der Waals surface area contributed by atoms with E-state index < -0.39 is 4.92 Å². The third-order valence-electron chi connectivity index (χ3n) is 1.64. The number of rotatable bonds is 4. The molecule has 0 amide bonds. The second-order valence-corrected chi connectivity index (χ2v) is 3.26.